The highest BCUT2D eigenvalue weighted by atomic mass is 35.5. The number of hydrogen-bond acceptors (Lipinski definition) is 2. The smallest absolute Gasteiger partial charge is 0.268 e. The Morgan fingerprint density at radius 3 is 2.60 bits per heavy atom. The van der Waals surface area contributed by atoms with E-state index in [4.69, 9.17) is 28.3 Å². The van der Waals surface area contributed by atoms with E-state index in [1.54, 1.807) is 0 Å². The number of H-pyrrole nitrogens is 1. The van der Waals surface area contributed by atoms with Crippen molar-refractivity contribution in [1.29, 1.82) is 0 Å². The summed E-state index contributed by atoms with van der Waals surface area (Å²) in [4.78, 5) is 12.7. The van der Waals surface area contributed by atoms with Crippen LogP contribution in [0.25, 0.3) is 0 Å². The van der Waals surface area contributed by atoms with Gasteiger partial charge in [0.1, 0.15) is 5.02 Å². The SMILES string of the molecule is O=c1[nH]c(Cl)c(O)cc1Cl. The summed E-state index contributed by atoms with van der Waals surface area (Å²) in [7, 11) is 0. The van der Waals surface area contributed by atoms with Crippen molar-refractivity contribution in [2.45, 2.75) is 0 Å². The normalized spacial score (nSPS) is 9.80. The molecule has 0 radical (unpaired) electrons. The molecule has 0 bridgehead atoms. The molecule has 3 nitrogen and oxygen atoms in total. The molecule has 0 fully saturated rings. The highest BCUT2D eigenvalue weighted by Crippen LogP contribution is 2.19. The summed E-state index contributed by atoms with van der Waals surface area (Å²) in [5, 5.41) is 8.65. The van der Waals surface area contributed by atoms with Crippen molar-refractivity contribution in [2.24, 2.45) is 0 Å². The van der Waals surface area contributed by atoms with E-state index in [9.17, 15) is 4.79 Å². The molecular weight excluding hydrogens is 177 g/mol. The summed E-state index contributed by atoms with van der Waals surface area (Å²) < 4.78 is 0. The second kappa shape index (κ2) is 2.52. The molecule has 10 heavy (non-hydrogen) atoms. The van der Waals surface area contributed by atoms with Crippen molar-refractivity contribution in [3.05, 3.63) is 26.6 Å². The monoisotopic (exact) mass is 179 g/mol. The zero-order chi connectivity index (χ0) is 7.72. The quantitative estimate of drug-likeness (QED) is 0.592. The molecule has 1 heterocycles. The Labute approximate surface area is 66.2 Å². The number of pyridine rings is 1. The lowest BCUT2D eigenvalue weighted by Crippen LogP contribution is -2.04. The summed E-state index contributed by atoms with van der Waals surface area (Å²) in [6.45, 7) is 0. The Balaban J connectivity index is 3.43. The first-order valence-corrected chi connectivity index (χ1v) is 3.14. The van der Waals surface area contributed by atoms with Crippen LogP contribution in [-0.4, -0.2) is 10.1 Å². The van der Waals surface area contributed by atoms with Crippen LogP contribution >= 0.6 is 23.2 Å². The minimum Gasteiger partial charge on any atom is -0.505 e. The summed E-state index contributed by atoms with van der Waals surface area (Å²) in [5.41, 5.74) is -0.510. The number of hydrogen-bond donors (Lipinski definition) is 2. The predicted molar refractivity (Wildman–Crippen MR) is 38.7 cm³/mol. The Kier molecular flexibility index (Phi) is 1.87. The highest BCUT2D eigenvalue weighted by Gasteiger charge is 2.01. The second-order valence-corrected chi connectivity index (χ2v) is 2.43. The highest BCUT2D eigenvalue weighted by molar-refractivity contribution is 6.32. The number of rotatable bonds is 0. The summed E-state index contributed by atoms with van der Waals surface area (Å²) in [5.74, 6) is -0.230. The van der Waals surface area contributed by atoms with Crippen molar-refractivity contribution in [2.75, 3.05) is 0 Å². The van der Waals surface area contributed by atoms with Gasteiger partial charge >= 0.3 is 0 Å². The maximum atomic E-state index is 10.6. The molecule has 5 heteroatoms. The lowest BCUT2D eigenvalue weighted by molar-refractivity contribution is 0.472. The van der Waals surface area contributed by atoms with Crippen molar-refractivity contribution in [1.82, 2.24) is 4.98 Å². The fourth-order valence-corrected chi connectivity index (χ4v) is 0.763. The fraction of sp³-hybridized carbons (Fsp3) is 0. The van der Waals surface area contributed by atoms with E-state index in [1.807, 2.05) is 0 Å². The van der Waals surface area contributed by atoms with E-state index in [-0.39, 0.29) is 15.9 Å². The first-order valence-electron chi connectivity index (χ1n) is 2.38. The third-order valence-electron chi connectivity index (χ3n) is 0.929. The minimum atomic E-state index is -0.510. The topological polar surface area (TPSA) is 53.1 Å². The Bertz CT molecular complexity index is 307. The minimum absolute atomic E-state index is 0.0816. The number of aromatic hydroxyl groups is 1. The van der Waals surface area contributed by atoms with Gasteiger partial charge in [-0.05, 0) is 0 Å². The lowest BCUT2D eigenvalue weighted by Gasteiger charge is -1.94. The van der Waals surface area contributed by atoms with Crippen molar-refractivity contribution < 1.29 is 5.11 Å². The molecular formula is C5H3Cl2NO2. The van der Waals surface area contributed by atoms with E-state index in [1.165, 1.54) is 0 Å². The fourth-order valence-electron chi connectivity index (χ4n) is 0.472. The average molecular weight is 180 g/mol. The molecule has 0 aliphatic rings. The van der Waals surface area contributed by atoms with Crippen LogP contribution in [0.5, 0.6) is 5.75 Å². The largest absolute Gasteiger partial charge is 0.505 e. The molecule has 0 aromatic carbocycles. The van der Waals surface area contributed by atoms with E-state index in [0.29, 0.717) is 0 Å². The molecule has 0 spiro atoms. The van der Waals surface area contributed by atoms with Crippen LogP contribution in [-0.2, 0) is 0 Å². The maximum absolute atomic E-state index is 10.6. The third-order valence-corrected chi connectivity index (χ3v) is 1.50. The van der Waals surface area contributed by atoms with Gasteiger partial charge in [0.15, 0.2) is 10.9 Å². The molecule has 1 rings (SSSR count). The summed E-state index contributed by atoms with van der Waals surface area (Å²) in [6.07, 6.45) is 0. The molecule has 0 saturated carbocycles. The molecule has 2 N–H and O–H groups in total. The number of aromatic nitrogens is 1. The second-order valence-electron chi connectivity index (χ2n) is 1.65. The predicted octanol–water partition coefficient (Wildman–Crippen LogP) is 1.39. The van der Waals surface area contributed by atoms with Gasteiger partial charge < -0.3 is 10.1 Å². The third kappa shape index (κ3) is 1.25. The van der Waals surface area contributed by atoms with Gasteiger partial charge in [0.25, 0.3) is 5.56 Å². The Morgan fingerprint density at radius 1 is 1.50 bits per heavy atom. The number of nitrogens with one attached hydrogen (secondary N) is 1. The Morgan fingerprint density at radius 2 is 2.10 bits per heavy atom. The van der Waals surface area contributed by atoms with Crippen LogP contribution in [0.4, 0.5) is 0 Å². The van der Waals surface area contributed by atoms with Gasteiger partial charge in [0.2, 0.25) is 0 Å². The van der Waals surface area contributed by atoms with Crippen LogP contribution in [0.1, 0.15) is 0 Å². The van der Waals surface area contributed by atoms with Crippen molar-refractivity contribution in [3.63, 3.8) is 0 Å². The van der Waals surface area contributed by atoms with Gasteiger partial charge in [-0.1, -0.05) is 23.2 Å². The first-order chi connectivity index (χ1) is 4.61. The standard InChI is InChI=1S/C5H3Cl2NO2/c6-2-1-3(9)4(7)8-5(2)10/h1,9H,(H,8,10). The molecule has 0 saturated heterocycles. The van der Waals surface area contributed by atoms with E-state index < -0.39 is 5.56 Å². The molecule has 0 atom stereocenters. The lowest BCUT2D eigenvalue weighted by atomic mass is 10.5. The molecule has 0 aliphatic carbocycles. The van der Waals surface area contributed by atoms with Gasteiger partial charge in [-0.2, -0.15) is 0 Å². The molecule has 1 aromatic rings. The maximum Gasteiger partial charge on any atom is 0.268 e. The van der Waals surface area contributed by atoms with E-state index in [2.05, 4.69) is 4.98 Å². The molecule has 0 aliphatic heterocycles. The molecule has 0 unspecified atom stereocenters. The molecule has 0 amide bonds. The van der Waals surface area contributed by atoms with E-state index in [0.717, 1.165) is 6.07 Å². The van der Waals surface area contributed by atoms with Crippen LogP contribution < -0.4 is 5.56 Å². The van der Waals surface area contributed by atoms with Crippen LogP contribution in [0.15, 0.2) is 10.9 Å². The zero-order valence-electron chi connectivity index (χ0n) is 4.69. The number of halogens is 2. The first kappa shape index (κ1) is 7.44. The van der Waals surface area contributed by atoms with Gasteiger partial charge in [-0.25, -0.2) is 0 Å². The van der Waals surface area contributed by atoms with Gasteiger partial charge in [0, 0.05) is 6.07 Å². The van der Waals surface area contributed by atoms with Crippen LogP contribution in [0.2, 0.25) is 10.2 Å². The summed E-state index contributed by atoms with van der Waals surface area (Å²) in [6, 6.07) is 1.09. The van der Waals surface area contributed by atoms with Gasteiger partial charge in [-0.15, -0.1) is 0 Å². The number of aromatic amines is 1. The van der Waals surface area contributed by atoms with Crippen molar-refractivity contribution >= 4 is 23.2 Å². The molecule has 1 aromatic heterocycles. The van der Waals surface area contributed by atoms with Crippen LogP contribution in [0.3, 0.4) is 0 Å². The van der Waals surface area contributed by atoms with Gasteiger partial charge in [-0.3, -0.25) is 4.79 Å². The van der Waals surface area contributed by atoms with Crippen LogP contribution in [0, 0.1) is 0 Å². The Hall–Kier alpha value is -0.670. The van der Waals surface area contributed by atoms with Crippen molar-refractivity contribution in [3.8, 4) is 5.75 Å². The van der Waals surface area contributed by atoms with E-state index >= 15 is 0 Å². The van der Waals surface area contributed by atoms with Gasteiger partial charge in [0.05, 0.1) is 0 Å². The average Bonchev–Trinajstić information content (AvgIpc) is 1.84. The molecule has 54 valence electrons. The summed E-state index contributed by atoms with van der Waals surface area (Å²) >= 11 is 10.6. The zero-order valence-corrected chi connectivity index (χ0v) is 6.20.